The molecule has 1 aromatic carbocycles. The van der Waals surface area contributed by atoms with Gasteiger partial charge in [0.25, 0.3) is 0 Å². The van der Waals surface area contributed by atoms with Crippen LogP contribution in [0.25, 0.3) is 0 Å². The summed E-state index contributed by atoms with van der Waals surface area (Å²) in [5.41, 5.74) is 3.48. The number of carboxylic acids is 1. The third-order valence-electron chi connectivity index (χ3n) is 4.61. The van der Waals surface area contributed by atoms with Gasteiger partial charge in [-0.05, 0) is 50.6 Å². The van der Waals surface area contributed by atoms with Gasteiger partial charge in [0.2, 0.25) is 0 Å². The highest BCUT2D eigenvalue weighted by atomic mass is 32.1. The lowest BCUT2D eigenvalue weighted by Crippen LogP contribution is -2.45. The van der Waals surface area contributed by atoms with E-state index in [1.54, 1.807) is 6.92 Å². The van der Waals surface area contributed by atoms with E-state index in [0.29, 0.717) is 39.0 Å². The minimum atomic E-state index is -0.800. The quantitative estimate of drug-likeness (QED) is 0.471. The molecule has 27 heavy (non-hydrogen) atoms. The van der Waals surface area contributed by atoms with Crippen LogP contribution in [0.2, 0.25) is 0 Å². The highest BCUT2D eigenvalue weighted by Gasteiger charge is 2.24. The van der Waals surface area contributed by atoms with E-state index in [4.69, 9.17) is 12.2 Å². The van der Waals surface area contributed by atoms with E-state index < -0.39 is 12.0 Å². The van der Waals surface area contributed by atoms with Crippen molar-refractivity contribution in [1.29, 1.82) is 0 Å². The van der Waals surface area contributed by atoms with Crippen molar-refractivity contribution in [2.75, 3.05) is 38.0 Å². The second kappa shape index (κ2) is 12.5. The molecular weight excluding hydrogens is 362 g/mol. The summed E-state index contributed by atoms with van der Waals surface area (Å²) in [6.45, 7) is 8.72. The Morgan fingerprint density at radius 2 is 1.85 bits per heavy atom. The van der Waals surface area contributed by atoms with Gasteiger partial charge in [-0.1, -0.05) is 38.2 Å². The maximum atomic E-state index is 11.8. The normalized spacial score (nSPS) is 12.2. The van der Waals surface area contributed by atoms with Crippen LogP contribution in [0.4, 0.5) is 5.69 Å². The van der Waals surface area contributed by atoms with Crippen LogP contribution in [-0.2, 0) is 16.0 Å². The van der Waals surface area contributed by atoms with E-state index in [0.717, 1.165) is 17.8 Å². The van der Waals surface area contributed by atoms with Crippen molar-refractivity contribution >= 4 is 35.1 Å². The van der Waals surface area contributed by atoms with Crippen molar-refractivity contribution in [2.24, 2.45) is 0 Å². The molecule has 0 amide bonds. The molecule has 0 radical (unpaired) electrons. The monoisotopic (exact) mass is 393 g/mol. The van der Waals surface area contributed by atoms with Crippen molar-refractivity contribution in [2.45, 2.75) is 39.7 Å². The number of thiocarbonyl (C=S) groups is 1. The van der Waals surface area contributed by atoms with Crippen LogP contribution in [0.1, 0.15) is 32.8 Å². The summed E-state index contributed by atoms with van der Waals surface area (Å²) in [6, 6.07) is 7.31. The molecule has 0 bridgehead atoms. The second-order valence-corrected chi connectivity index (χ2v) is 6.79. The largest absolute Gasteiger partial charge is 0.480 e. The number of hydrogen-bond acceptors (Lipinski definition) is 5. The topological polar surface area (TPSA) is 72.9 Å². The van der Waals surface area contributed by atoms with Crippen molar-refractivity contribution in [3.8, 4) is 0 Å². The van der Waals surface area contributed by atoms with Gasteiger partial charge in [-0.15, -0.1) is 0 Å². The van der Waals surface area contributed by atoms with Gasteiger partial charge in [-0.25, -0.2) is 0 Å². The first kappa shape index (κ1) is 23.2. The molecule has 0 aromatic heterocycles. The number of rotatable bonds is 14. The molecule has 0 saturated heterocycles. The predicted molar refractivity (Wildman–Crippen MR) is 114 cm³/mol. The molecule has 0 aliphatic rings. The number of carboxylic acid groups (broad SMARTS) is 1. The van der Waals surface area contributed by atoms with E-state index in [1.807, 2.05) is 47.9 Å². The number of nitrogens with zero attached hydrogens (tertiary/aromatic N) is 2. The smallest absolute Gasteiger partial charge is 0.320 e. The number of aliphatic carboxylic acids is 1. The number of nitrogens with one attached hydrogen (secondary N) is 1. The molecule has 0 spiro atoms. The van der Waals surface area contributed by atoms with Gasteiger partial charge in [0.1, 0.15) is 11.8 Å². The number of Topliss-reactive ketones (excluding diaryl/α,β-unsaturated/α-hetero) is 1. The average Bonchev–Trinajstić information content (AvgIpc) is 2.64. The Hall–Kier alpha value is -1.83. The molecule has 0 heterocycles. The van der Waals surface area contributed by atoms with Crippen molar-refractivity contribution in [3.05, 3.63) is 29.8 Å². The number of aryl methyl sites for hydroxylation is 1. The summed E-state index contributed by atoms with van der Waals surface area (Å²) in [7, 11) is 0. The minimum absolute atomic E-state index is 0.126. The Morgan fingerprint density at radius 3 is 2.33 bits per heavy atom. The molecule has 0 saturated carbocycles. The third-order valence-corrected chi connectivity index (χ3v) is 4.73. The first-order valence-electron chi connectivity index (χ1n) is 9.39. The number of benzene rings is 1. The SMILES string of the molecule is CCN(CCN(CC)C(CCc1ccc(NC=S)cc1)C(=O)O)CC(C)=O. The zero-order chi connectivity index (χ0) is 20.2. The number of anilines is 1. The Bertz CT molecular complexity index is 607. The molecule has 6 nitrogen and oxygen atoms in total. The summed E-state index contributed by atoms with van der Waals surface area (Å²) in [5, 5.41) is 12.6. The summed E-state index contributed by atoms with van der Waals surface area (Å²) < 4.78 is 0. The molecule has 150 valence electrons. The van der Waals surface area contributed by atoms with Crippen LogP contribution < -0.4 is 5.32 Å². The van der Waals surface area contributed by atoms with Crippen LogP contribution >= 0.6 is 12.2 Å². The number of carbonyl (C=O) groups excluding carboxylic acids is 1. The van der Waals surface area contributed by atoms with E-state index in [1.165, 1.54) is 5.49 Å². The maximum absolute atomic E-state index is 11.8. The first-order chi connectivity index (χ1) is 12.9. The molecule has 0 aliphatic heterocycles. The Kier molecular flexibility index (Phi) is 10.8. The van der Waals surface area contributed by atoms with Crippen molar-refractivity contribution < 1.29 is 14.7 Å². The fraction of sp³-hybridized carbons (Fsp3) is 0.550. The van der Waals surface area contributed by atoms with Gasteiger partial charge < -0.3 is 10.4 Å². The fourth-order valence-electron chi connectivity index (χ4n) is 3.07. The first-order valence-corrected chi connectivity index (χ1v) is 9.86. The molecule has 0 aliphatic carbocycles. The highest BCUT2D eigenvalue weighted by Crippen LogP contribution is 2.14. The van der Waals surface area contributed by atoms with Crippen LogP contribution in [0, 0.1) is 0 Å². The van der Waals surface area contributed by atoms with Gasteiger partial charge in [-0.3, -0.25) is 19.4 Å². The lowest BCUT2D eigenvalue weighted by atomic mass is 10.0. The number of carbonyl (C=O) groups is 2. The lowest BCUT2D eigenvalue weighted by molar-refractivity contribution is -0.143. The van der Waals surface area contributed by atoms with E-state index in [2.05, 4.69) is 5.32 Å². The van der Waals surface area contributed by atoms with Gasteiger partial charge in [0.05, 0.1) is 12.0 Å². The Labute approximate surface area is 167 Å². The third kappa shape index (κ3) is 8.60. The standard InChI is InChI=1S/C20H31N3O3S/c1-4-22(14-16(3)24)12-13-23(5-2)19(20(25)26)11-8-17-6-9-18(10-7-17)21-15-27/h6-7,9-10,15,19H,4-5,8,11-14H2,1-3H3,(H,21,27)(H,25,26). The highest BCUT2D eigenvalue weighted by molar-refractivity contribution is 7.79. The zero-order valence-corrected chi connectivity index (χ0v) is 17.3. The number of hydrogen-bond donors (Lipinski definition) is 2. The summed E-state index contributed by atoms with van der Waals surface area (Å²) in [6.07, 6.45) is 1.23. The predicted octanol–water partition coefficient (Wildman–Crippen LogP) is 2.67. The Morgan fingerprint density at radius 1 is 1.19 bits per heavy atom. The summed E-state index contributed by atoms with van der Waals surface area (Å²) >= 11 is 4.77. The van der Waals surface area contributed by atoms with Crippen molar-refractivity contribution in [3.63, 3.8) is 0 Å². The summed E-state index contributed by atoms with van der Waals surface area (Å²) in [5.74, 6) is -0.674. The van der Waals surface area contributed by atoms with Crippen LogP contribution in [-0.4, -0.2) is 70.9 Å². The number of likely N-dealkylation sites (N-methyl/N-ethyl adjacent to an activating group) is 2. The molecular formula is C20H31N3O3S. The molecule has 1 rings (SSSR count). The van der Waals surface area contributed by atoms with Gasteiger partial charge >= 0.3 is 5.97 Å². The Balaban J connectivity index is 2.66. The van der Waals surface area contributed by atoms with E-state index >= 15 is 0 Å². The van der Waals surface area contributed by atoms with Crippen LogP contribution in [0.15, 0.2) is 24.3 Å². The average molecular weight is 394 g/mol. The second-order valence-electron chi connectivity index (χ2n) is 6.55. The molecule has 0 fully saturated rings. The molecule has 1 unspecified atom stereocenters. The lowest BCUT2D eigenvalue weighted by Gasteiger charge is -2.30. The number of ketones is 1. The van der Waals surface area contributed by atoms with Gasteiger partial charge in [0, 0.05) is 18.8 Å². The molecule has 1 aromatic rings. The molecule has 7 heteroatoms. The molecule has 2 N–H and O–H groups in total. The fourth-order valence-corrected chi connectivity index (χ4v) is 3.21. The zero-order valence-electron chi connectivity index (χ0n) is 16.5. The summed E-state index contributed by atoms with van der Waals surface area (Å²) in [4.78, 5) is 27.2. The van der Waals surface area contributed by atoms with Crippen LogP contribution in [0.5, 0.6) is 0 Å². The van der Waals surface area contributed by atoms with Crippen LogP contribution in [0.3, 0.4) is 0 Å². The minimum Gasteiger partial charge on any atom is -0.480 e. The van der Waals surface area contributed by atoms with Gasteiger partial charge in [0.15, 0.2) is 0 Å². The van der Waals surface area contributed by atoms with E-state index in [9.17, 15) is 14.7 Å². The molecule has 1 atom stereocenters. The van der Waals surface area contributed by atoms with E-state index in [-0.39, 0.29) is 5.78 Å². The van der Waals surface area contributed by atoms with Gasteiger partial charge in [-0.2, -0.15) is 0 Å². The van der Waals surface area contributed by atoms with Crippen molar-refractivity contribution in [1.82, 2.24) is 9.80 Å². The maximum Gasteiger partial charge on any atom is 0.320 e.